The second-order valence-corrected chi connectivity index (χ2v) is 13.0. The first-order valence-electron chi connectivity index (χ1n) is 15.9. The van der Waals surface area contributed by atoms with Gasteiger partial charge in [-0.2, -0.15) is 0 Å². The van der Waals surface area contributed by atoms with E-state index in [-0.39, 0.29) is 41.7 Å². The molecule has 0 spiro atoms. The number of ether oxygens (including phenoxy) is 3. The molecule has 0 radical (unpaired) electrons. The van der Waals surface area contributed by atoms with Gasteiger partial charge < -0.3 is 28.9 Å². The van der Waals surface area contributed by atoms with Crippen molar-refractivity contribution in [3.05, 3.63) is 112 Å². The van der Waals surface area contributed by atoms with Crippen LogP contribution in [0, 0.1) is 17.8 Å². The summed E-state index contributed by atoms with van der Waals surface area (Å²) in [5.41, 5.74) is -1.32. The summed E-state index contributed by atoms with van der Waals surface area (Å²) in [5, 5.41) is 27.4. The van der Waals surface area contributed by atoms with E-state index in [0.29, 0.717) is 11.1 Å². The smallest absolute Gasteiger partial charge is 0.507 e. The second-order valence-electron chi connectivity index (χ2n) is 13.0. The van der Waals surface area contributed by atoms with Crippen LogP contribution in [-0.4, -0.2) is 69.6 Å². The summed E-state index contributed by atoms with van der Waals surface area (Å²) in [6, 6.07) is 21.5. The van der Waals surface area contributed by atoms with Gasteiger partial charge in [-0.15, -0.1) is 0 Å². The predicted molar refractivity (Wildman–Crippen MR) is 171 cm³/mol. The molecule has 1 heterocycles. The number of hydrogen-bond donors (Lipinski definition) is 2. The number of fused-ring (bicyclic) bond motifs is 4. The Bertz CT molecular complexity index is 1940. The number of Topliss-reactive ketones (excluding diaryl/α,β-unsaturated/α-hetero) is 3. The fourth-order valence-electron chi connectivity index (χ4n) is 7.80. The fourth-order valence-corrected chi connectivity index (χ4v) is 7.80. The highest BCUT2D eigenvalue weighted by molar-refractivity contribution is 6.27. The van der Waals surface area contributed by atoms with Crippen LogP contribution in [0.5, 0.6) is 11.6 Å². The minimum atomic E-state index is -2.89. The highest BCUT2D eigenvalue weighted by Crippen LogP contribution is 2.58. The Labute approximate surface area is 281 Å². The molecule has 1 unspecified atom stereocenters. The van der Waals surface area contributed by atoms with Crippen molar-refractivity contribution in [2.24, 2.45) is 17.8 Å². The molecule has 4 aromatic rings. The zero-order valence-corrected chi connectivity index (χ0v) is 26.9. The van der Waals surface area contributed by atoms with E-state index in [2.05, 4.69) is 5.16 Å². The number of benzene rings is 3. The first-order valence-corrected chi connectivity index (χ1v) is 15.9. The number of aliphatic hydroxyl groups is 1. The third-order valence-electron chi connectivity index (χ3n) is 10.0. The van der Waals surface area contributed by atoms with E-state index >= 15 is 0 Å². The highest BCUT2D eigenvalue weighted by Gasteiger charge is 2.72. The largest absolute Gasteiger partial charge is 0.508 e. The van der Waals surface area contributed by atoms with E-state index in [1.165, 1.54) is 6.07 Å². The SMILES string of the molecule is C[C@H]1c2cccc(O)c2C(=O)C2C(=O)[C@]3(O)C(=O)c4c(OCc5ccccc5)noc4[C@@H](N(C)C)[C@@H]3[C@@H](OC(=O)OCc3ccccc3)[C@@H]21. The van der Waals surface area contributed by atoms with Gasteiger partial charge in [-0.1, -0.05) is 79.7 Å². The lowest BCUT2D eigenvalue weighted by atomic mass is 9.51. The van der Waals surface area contributed by atoms with E-state index in [1.54, 1.807) is 62.3 Å². The Balaban J connectivity index is 1.35. The fraction of sp³-hybridized carbons (Fsp3) is 0.324. The van der Waals surface area contributed by atoms with E-state index < -0.39 is 64.9 Å². The highest BCUT2D eigenvalue weighted by atomic mass is 16.7. The van der Waals surface area contributed by atoms with Crippen LogP contribution in [0.1, 0.15) is 62.1 Å². The second kappa shape index (κ2) is 12.3. The molecule has 3 aliphatic carbocycles. The van der Waals surface area contributed by atoms with Gasteiger partial charge in [0.05, 0.1) is 23.4 Å². The van der Waals surface area contributed by atoms with Crippen molar-refractivity contribution in [1.29, 1.82) is 0 Å². The van der Waals surface area contributed by atoms with Crippen molar-refractivity contribution in [3.8, 4) is 11.6 Å². The molecular weight excluding hydrogens is 632 g/mol. The predicted octanol–water partition coefficient (Wildman–Crippen LogP) is 4.64. The number of ketones is 3. The Morgan fingerprint density at radius 2 is 1.57 bits per heavy atom. The summed E-state index contributed by atoms with van der Waals surface area (Å²) in [5.74, 6) is -8.30. The van der Waals surface area contributed by atoms with Crippen molar-refractivity contribution in [1.82, 2.24) is 10.1 Å². The number of rotatable bonds is 7. The molecule has 7 atom stereocenters. The van der Waals surface area contributed by atoms with Gasteiger partial charge >= 0.3 is 6.16 Å². The molecule has 1 saturated carbocycles. The molecule has 0 aliphatic heterocycles. The molecule has 0 bridgehead atoms. The van der Waals surface area contributed by atoms with Gasteiger partial charge in [-0.3, -0.25) is 19.3 Å². The molecule has 0 saturated heterocycles. The normalized spacial score (nSPS) is 27.1. The monoisotopic (exact) mass is 666 g/mol. The molecule has 7 rings (SSSR count). The lowest BCUT2D eigenvalue weighted by molar-refractivity contribution is -0.177. The van der Waals surface area contributed by atoms with Crippen molar-refractivity contribution >= 4 is 23.5 Å². The molecule has 1 aromatic heterocycles. The summed E-state index contributed by atoms with van der Waals surface area (Å²) < 4.78 is 23.1. The van der Waals surface area contributed by atoms with Gasteiger partial charge in [0.15, 0.2) is 22.9 Å². The lowest BCUT2D eigenvalue weighted by Crippen LogP contribution is -2.72. The number of phenolic OH excluding ortho intramolecular Hbond substituents is 1. The summed E-state index contributed by atoms with van der Waals surface area (Å²) in [6.45, 7) is 1.62. The van der Waals surface area contributed by atoms with Crippen LogP contribution in [0.3, 0.4) is 0 Å². The van der Waals surface area contributed by atoms with Crippen molar-refractivity contribution in [2.45, 2.75) is 43.8 Å². The number of aromatic nitrogens is 1. The molecule has 2 N–H and O–H groups in total. The first kappa shape index (κ1) is 32.2. The van der Waals surface area contributed by atoms with E-state index in [9.17, 15) is 29.4 Å². The zero-order valence-electron chi connectivity index (χ0n) is 26.9. The Kier molecular flexibility index (Phi) is 8.08. The van der Waals surface area contributed by atoms with Crippen LogP contribution in [-0.2, 0) is 27.5 Å². The minimum absolute atomic E-state index is 0.00524. The third-order valence-corrected chi connectivity index (χ3v) is 10.0. The van der Waals surface area contributed by atoms with Gasteiger partial charge in [0.2, 0.25) is 5.78 Å². The van der Waals surface area contributed by atoms with Gasteiger partial charge in [0.1, 0.15) is 30.6 Å². The number of hydrogen-bond acceptors (Lipinski definition) is 12. The summed E-state index contributed by atoms with van der Waals surface area (Å²) in [7, 11) is 3.31. The lowest BCUT2D eigenvalue weighted by Gasteiger charge is -2.55. The maximum atomic E-state index is 14.7. The standard InChI is InChI=1S/C37H34N2O10/c1-19-22-15-10-16-23(40)25(22)30(41)26-24(19)31(48-36(44)47-18-21-13-8-5-9-14-21)28-29(39(2)3)32-27(34(43)37(28,45)33(26)42)35(38-49-32)46-17-20-11-6-4-7-12-20/h4-16,19,24,26,28-29,31,40,45H,17-18H2,1-3H3/t19-,24+,26?,28+,29-,31-,37-/m0/s1. The molecular formula is C37H34N2O10. The van der Waals surface area contributed by atoms with Crippen LogP contribution >= 0.6 is 0 Å². The zero-order chi connectivity index (χ0) is 34.6. The summed E-state index contributed by atoms with van der Waals surface area (Å²) in [6.07, 6.45) is -2.54. The molecule has 3 aliphatic rings. The van der Waals surface area contributed by atoms with Gasteiger partial charge in [-0.25, -0.2) is 4.79 Å². The van der Waals surface area contributed by atoms with Crippen LogP contribution in [0.2, 0.25) is 0 Å². The summed E-state index contributed by atoms with van der Waals surface area (Å²) >= 11 is 0. The van der Waals surface area contributed by atoms with Gasteiger partial charge in [-0.05, 0) is 47.9 Å². The van der Waals surface area contributed by atoms with Crippen LogP contribution in [0.4, 0.5) is 4.79 Å². The molecule has 0 amide bonds. The number of aromatic hydroxyl groups is 1. The number of phenols is 1. The quantitative estimate of drug-likeness (QED) is 0.208. The van der Waals surface area contributed by atoms with Crippen LogP contribution in [0.15, 0.2) is 83.4 Å². The number of nitrogens with zero attached hydrogens (tertiary/aromatic N) is 2. The van der Waals surface area contributed by atoms with Gasteiger partial charge in [0.25, 0.3) is 5.88 Å². The molecule has 49 heavy (non-hydrogen) atoms. The van der Waals surface area contributed by atoms with E-state index in [0.717, 1.165) is 5.56 Å². The average Bonchev–Trinajstić information content (AvgIpc) is 3.52. The molecule has 12 heteroatoms. The van der Waals surface area contributed by atoms with Crippen molar-refractivity contribution in [2.75, 3.05) is 14.1 Å². The van der Waals surface area contributed by atoms with E-state index in [1.807, 2.05) is 36.4 Å². The van der Waals surface area contributed by atoms with Crippen LogP contribution < -0.4 is 4.74 Å². The van der Waals surface area contributed by atoms with Gasteiger partial charge in [0, 0.05) is 5.92 Å². The maximum absolute atomic E-state index is 14.7. The summed E-state index contributed by atoms with van der Waals surface area (Å²) in [4.78, 5) is 58.5. The minimum Gasteiger partial charge on any atom is -0.507 e. The maximum Gasteiger partial charge on any atom is 0.508 e. The van der Waals surface area contributed by atoms with Crippen LogP contribution in [0.25, 0.3) is 0 Å². The van der Waals surface area contributed by atoms with Crippen molar-refractivity contribution in [3.63, 3.8) is 0 Å². The molecule has 3 aromatic carbocycles. The first-order chi connectivity index (χ1) is 23.5. The number of carbonyl (C=O) groups excluding carboxylic acids is 4. The molecule has 252 valence electrons. The molecule has 1 fully saturated rings. The Morgan fingerprint density at radius 3 is 2.22 bits per heavy atom. The Hall–Kier alpha value is -5.33. The Morgan fingerprint density at radius 1 is 0.918 bits per heavy atom. The average molecular weight is 667 g/mol. The van der Waals surface area contributed by atoms with Crippen molar-refractivity contribution < 1.29 is 48.1 Å². The topological polar surface area (TPSA) is 166 Å². The number of carbonyl (C=O) groups is 4. The third kappa shape index (κ3) is 5.10. The van der Waals surface area contributed by atoms with E-state index in [4.69, 9.17) is 18.7 Å². The molecule has 12 nitrogen and oxygen atoms in total.